The number of benzene rings is 3. The number of oxime groups is 1. The van der Waals surface area contributed by atoms with Gasteiger partial charge < -0.3 is 19.6 Å². The topological polar surface area (TPSA) is 71.4 Å². The molecular weight excluding hydrogens is 563 g/mol. The highest BCUT2D eigenvalue weighted by molar-refractivity contribution is 6.35. The molecule has 1 fully saturated rings. The van der Waals surface area contributed by atoms with E-state index in [9.17, 15) is 27.5 Å². The molecule has 1 N–H and O–H groups in total. The molecule has 1 amide bonds. The fourth-order valence-corrected chi connectivity index (χ4v) is 5.01. The van der Waals surface area contributed by atoms with Crippen molar-refractivity contribution >= 4 is 35.0 Å². The zero-order chi connectivity index (χ0) is 28.0. The van der Waals surface area contributed by atoms with Crippen molar-refractivity contribution in [1.29, 1.82) is 0 Å². The zero-order valence-corrected chi connectivity index (χ0v) is 21.5. The minimum absolute atomic E-state index is 0.00665. The van der Waals surface area contributed by atoms with E-state index >= 15 is 0 Å². The maximum absolute atomic E-state index is 14.2. The molecule has 0 aliphatic carbocycles. The Balaban J connectivity index is 1.26. The summed E-state index contributed by atoms with van der Waals surface area (Å²) in [5.74, 6) is -1.04. The molecule has 2 aliphatic heterocycles. The molecule has 12 heteroatoms. The first-order chi connectivity index (χ1) is 18.4. The van der Waals surface area contributed by atoms with Crippen LogP contribution in [0, 0.1) is 5.82 Å². The summed E-state index contributed by atoms with van der Waals surface area (Å²) >= 11 is 11.5. The van der Waals surface area contributed by atoms with Crippen LogP contribution in [0.5, 0.6) is 0 Å². The summed E-state index contributed by atoms with van der Waals surface area (Å²) in [4.78, 5) is 18.6. The van der Waals surface area contributed by atoms with Crippen LogP contribution in [0.3, 0.4) is 0 Å². The molecule has 1 atom stereocenters. The number of alkyl halides is 3. The Labute approximate surface area is 230 Å². The summed E-state index contributed by atoms with van der Waals surface area (Å²) in [7, 11) is 0. The number of ether oxygens (including phenoxy) is 1. The number of halogens is 6. The molecule has 2 heterocycles. The normalized spacial score (nSPS) is 20.2. The maximum atomic E-state index is 14.2. The van der Waals surface area contributed by atoms with E-state index < -0.39 is 51.3 Å². The molecule has 0 bridgehead atoms. The van der Waals surface area contributed by atoms with Crippen LogP contribution in [0.2, 0.25) is 10.0 Å². The average molecular weight is 583 g/mol. The van der Waals surface area contributed by atoms with E-state index in [0.29, 0.717) is 11.1 Å². The smallest absolute Gasteiger partial charge is 0.435 e. The first kappa shape index (κ1) is 27.2. The quantitative estimate of drug-likeness (QED) is 0.273. The molecule has 204 valence electrons. The van der Waals surface area contributed by atoms with Crippen molar-refractivity contribution < 1.29 is 37.0 Å². The third kappa shape index (κ3) is 5.04. The molecular formula is C27H20Cl2F4N2O4. The highest BCUT2D eigenvalue weighted by Crippen LogP contribution is 2.50. The second-order valence-electron chi connectivity index (χ2n) is 9.39. The number of rotatable bonds is 5. The lowest BCUT2D eigenvalue weighted by atomic mass is 9.84. The fourth-order valence-electron chi connectivity index (χ4n) is 4.53. The van der Waals surface area contributed by atoms with E-state index in [4.69, 9.17) is 32.8 Å². The first-order valence-electron chi connectivity index (χ1n) is 11.7. The molecule has 3 aromatic rings. The van der Waals surface area contributed by atoms with Crippen molar-refractivity contribution in [2.24, 2.45) is 5.16 Å². The molecule has 5 rings (SSSR count). The number of amides is 1. The van der Waals surface area contributed by atoms with Crippen molar-refractivity contribution in [3.8, 4) is 0 Å². The second-order valence-corrected chi connectivity index (χ2v) is 10.2. The summed E-state index contributed by atoms with van der Waals surface area (Å²) in [6.45, 7) is 0.0871. The lowest BCUT2D eigenvalue weighted by molar-refractivity contribution is -0.275. The molecule has 0 unspecified atom stereocenters. The van der Waals surface area contributed by atoms with Gasteiger partial charge in [0, 0.05) is 12.0 Å². The zero-order valence-electron chi connectivity index (χ0n) is 20.0. The van der Waals surface area contributed by atoms with E-state index in [1.54, 1.807) is 12.1 Å². The minimum Gasteiger partial charge on any atom is -0.445 e. The molecule has 0 radical (unpaired) electrons. The highest BCUT2D eigenvalue weighted by Gasteiger charge is 2.62. The van der Waals surface area contributed by atoms with Crippen LogP contribution in [0.25, 0.3) is 0 Å². The van der Waals surface area contributed by atoms with Crippen molar-refractivity contribution in [3.05, 3.63) is 105 Å². The summed E-state index contributed by atoms with van der Waals surface area (Å²) in [5, 5.41) is 13.5. The fraction of sp³-hybridized carbons (Fsp3) is 0.259. The van der Waals surface area contributed by atoms with E-state index in [1.807, 2.05) is 30.3 Å². The molecule has 1 saturated heterocycles. The molecule has 2 aliphatic rings. The number of β-amino-alcohol motifs (C(OH)–C–C–N with tert-alkyl or cyclic N) is 1. The monoisotopic (exact) mass is 582 g/mol. The van der Waals surface area contributed by atoms with Crippen molar-refractivity contribution in [3.63, 3.8) is 0 Å². The predicted molar refractivity (Wildman–Crippen MR) is 135 cm³/mol. The van der Waals surface area contributed by atoms with E-state index in [1.165, 1.54) is 17.0 Å². The van der Waals surface area contributed by atoms with Gasteiger partial charge in [-0.3, -0.25) is 0 Å². The van der Waals surface area contributed by atoms with Crippen LogP contribution in [-0.4, -0.2) is 41.1 Å². The first-order valence-corrected chi connectivity index (χ1v) is 12.4. The molecule has 0 saturated carbocycles. The molecule has 39 heavy (non-hydrogen) atoms. The van der Waals surface area contributed by atoms with Gasteiger partial charge in [0.25, 0.3) is 5.60 Å². The number of nitrogens with zero attached hydrogens (tertiary/aromatic N) is 2. The summed E-state index contributed by atoms with van der Waals surface area (Å²) in [6.07, 6.45) is -6.20. The van der Waals surface area contributed by atoms with Crippen molar-refractivity contribution in [1.82, 2.24) is 4.90 Å². The molecule has 0 spiro atoms. The summed E-state index contributed by atoms with van der Waals surface area (Å²) < 4.78 is 61.8. The Hall–Kier alpha value is -3.34. The summed E-state index contributed by atoms with van der Waals surface area (Å²) in [5.41, 5.74) is -3.11. The van der Waals surface area contributed by atoms with Crippen LogP contribution in [0.15, 0.2) is 71.9 Å². The number of likely N-dealkylation sites (tertiary alicyclic amines) is 1. The van der Waals surface area contributed by atoms with Gasteiger partial charge >= 0.3 is 12.3 Å². The van der Waals surface area contributed by atoms with Crippen LogP contribution < -0.4 is 0 Å². The van der Waals surface area contributed by atoms with Gasteiger partial charge in [-0.1, -0.05) is 83.0 Å². The Morgan fingerprint density at radius 2 is 1.64 bits per heavy atom. The van der Waals surface area contributed by atoms with Crippen molar-refractivity contribution in [2.75, 3.05) is 13.1 Å². The Morgan fingerprint density at radius 1 is 1.03 bits per heavy atom. The van der Waals surface area contributed by atoms with Gasteiger partial charge in [0.2, 0.25) is 0 Å². The SMILES string of the molecule is O=C(OCc1ccccc1)N1CC(O)(c2ccc(C3=NO[C@](c4cc(Cl)c(F)c(Cl)c4)(C(F)(F)F)C3)cc2)C1. The lowest BCUT2D eigenvalue weighted by Crippen LogP contribution is -2.61. The van der Waals surface area contributed by atoms with E-state index in [-0.39, 0.29) is 25.4 Å². The molecule has 0 aromatic heterocycles. The van der Waals surface area contributed by atoms with Gasteiger partial charge in [-0.2, -0.15) is 13.2 Å². The second kappa shape index (κ2) is 10.0. The number of hydrogen-bond donors (Lipinski definition) is 1. The Morgan fingerprint density at radius 3 is 2.23 bits per heavy atom. The highest BCUT2D eigenvalue weighted by atomic mass is 35.5. The third-order valence-corrected chi connectivity index (χ3v) is 7.31. The standard InChI is InChI=1S/C27H20Cl2F4N2O4/c28-20-10-19(11-21(29)23(20)30)26(27(31,32)33)12-22(34-39-26)17-6-8-18(9-7-17)25(37)14-35(15-25)24(36)38-13-16-4-2-1-3-5-16/h1-11,37H,12-15H2/t26-/m1/s1. The van der Waals surface area contributed by atoms with Gasteiger partial charge in [0.15, 0.2) is 5.82 Å². The molecule has 3 aromatic carbocycles. The van der Waals surface area contributed by atoms with Crippen LogP contribution in [0.4, 0.5) is 22.4 Å². The number of carbonyl (C=O) groups excluding carboxylic acids is 1. The van der Waals surface area contributed by atoms with Crippen LogP contribution in [0.1, 0.15) is 28.7 Å². The van der Waals surface area contributed by atoms with Crippen LogP contribution >= 0.6 is 23.2 Å². The third-order valence-electron chi connectivity index (χ3n) is 6.76. The maximum Gasteiger partial charge on any atom is 0.435 e. The number of hydrogen-bond acceptors (Lipinski definition) is 5. The minimum atomic E-state index is -4.93. The van der Waals surface area contributed by atoms with Gasteiger partial charge in [0.05, 0.1) is 28.8 Å². The van der Waals surface area contributed by atoms with Gasteiger partial charge in [0.1, 0.15) is 12.2 Å². The Kier molecular flexibility index (Phi) is 6.98. The number of aliphatic hydroxyl groups is 1. The van der Waals surface area contributed by atoms with Gasteiger partial charge in [-0.15, -0.1) is 0 Å². The Bertz CT molecular complexity index is 1400. The lowest BCUT2D eigenvalue weighted by Gasteiger charge is -2.45. The number of carbonyl (C=O) groups is 1. The predicted octanol–water partition coefficient (Wildman–Crippen LogP) is 6.55. The molecule has 6 nitrogen and oxygen atoms in total. The van der Waals surface area contributed by atoms with E-state index in [2.05, 4.69) is 5.16 Å². The summed E-state index contributed by atoms with van der Waals surface area (Å²) in [6, 6.07) is 16.9. The average Bonchev–Trinajstić information content (AvgIpc) is 3.36. The van der Waals surface area contributed by atoms with Gasteiger partial charge in [-0.05, 0) is 28.8 Å². The van der Waals surface area contributed by atoms with E-state index in [0.717, 1.165) is 17.7 Å². The van der Waals surface area contributed by atoms with Gasteiger partial charge in [-0.25, -0.2) is 9.18 Å². The largest absolute Gasteiger partial charge is 0.445 e. The van der Waals surface area contributed by atoms with Crippen molar-refractivity contribution in [2.45, 2.75) is 30.4 Å². The van der Waals surface area contributed by atoms with Crippen LogP contribution in [-0.2, 0) is 27.4 Å².